The molecule has 104 valence electrons. The highest BCUT2D eigenvalue weighted by atomic mass is 32.1. The van der Waals surface area contributed by atoms with Crippen LogP contribution >= 0.6 is 11.3 Å². The number of benzene rings is 2. The Hall–Kier alpha value is -2.22. The zero-order valence-electron chi connectivity index (χ0n) is 11.6. The van der Waals surface area contributed by atoms with Crippen molar-refractivity contribution >= 4 is 21.6 Å². The summed E-state index contributed by atoms with van der Waals surface area (Å²) in [6.07, 6.45) is 0.457. The van der Waals surface area contributed by atoms with Crippen molar-refractivity contribution in [2.24, 2.45) is 0 Å². The van der Waals surface area contributed by atoms with E-state index >= 15 is 0 Å². The number of para-hydroxylation sites is 1. The van der Waals surface area contributed by atoms with Crippen molar-refractivity contribution in [2.45, 2.75) is 18.9 Å². The lowest BCUT2D eigenvalue weighted by Crippen LogP contribution is -2.24. The number of aromatic nitrogens is 1. The second kappa shape index (κ2) is 5.28. The number of thiazole rings is 1. The number of hydrogen-bond donors (Lipinski definition) is 1. The van der Waals surface area contributed by atoms with Crippen LogP contribution in [0.5, 0.6) is 0 Å². The van der Waals surface area contributed by atoms with E-state index in [-0.39, 0.29) is 0 Å². The lowest BCUT2D eigenvalue weighted by molar-refractivity contribution is 0.0576. The van der Waals surface area contributed by atoms with E-state index in [0.717, 1.165) is 20.8 Å². The molecule has 21 heavy (non-hydrogen) atoms. The van der Waals surface area contributed by atoms with Gasteiger partial charge in [-0.15, -0.1) is 11.3 Å². The maximum absolute atomic E-state index is 10.7. The van der Waals surface area contributed by atoms with Gasteiger partial charge in [0.2, 0.25) is 0 Å². The van der Waals surface area contributed by atoms with Crippen molar-refractivity contribution in [3.05, 3.63) is 64.7 Å². The summed E-state index contributed by atoms with van der Waals surface area (Å²) in [4.78, 5) is 4.56. The van der Waals surface area contributed by atoms with Gasteiger partial charge < -0.3 is 5.11 Å². The average Bonchev–Trinajstić information content (AvgIpc) is 2.88. The molecule has 0 saturated heterocycles. The second-order valence-electron chi connectivity index (χ2n) is 5.22. The second-order valence-corrected chi connectivity index (χ2v) is 6.33. The summed E-state index contributed by atoms with van der Waals surface area (Å²) < 4.78 is 1.13. The molecular formula is C17H14N2OS. The molecular weight excluding hydrogens is 280 g/mol. The molecule has 1 atom stereocenters. The smallest absolute Gasteiger partial charge is 0.0991 e. The quantitative estimate of drug-likeness (QED) is 0.802. The summed E-state index contributed by atoms with van der Waals surface area (Å²) in [5.41, 5.74) is 1.35. The fourth-order valence-electron chi connectivity index (χ4n) is 2.30. The van der Waals surface area contributed by atoms with E-state index in [1.54, 1.807) is 42.5 Å². The van der Waals surface area contributed by atoms with Crippen LogP contribution in [0, 0.1) is 11.3 Å². The van der Waals surface area contributed by atoms with Gasteiger partial charge in [-0.3, -0.25) is 0 Å². The highest BCUT2D eigenvalue weighted by Crippen LogP contribution is 2.29. The fraction of sp³-hybridized carbons (Fsp3) is 0.176. The third-order valence-corrected chi connectivity index (χ3v) is 4.51. The minimum atomic E-state index is -0.998. The third kappa shape index (κ3) is 2.80. The summed E-state index contributed by atoms with van der Waals surface area (Å²) in [6.45, 7) is 1.78. The molecule has 0 amide bonds. The van der Waals surface area contributed by atoms with Gasteiger partial charge in [0.15, 0.2) is 0 Å². The van der Waals surface area contributed by atoms with E-state index in [9.17, 15) is 5.11 Å². The van der Waals surface area contributed by atoms with E-state index in [4.69, 9.17) is 5.26 Å². The van der Waals surface area contributed by atoms with Crippen LogP contribution in [0.2, 0.25) is 0 Å². The number of nitriles is 1. The van der Waals surface area contributed by atoms with Gasteiger partial charge in [-0.1, -0.05) is 24.3 Å². The van der Waals surface area contributed by atoms with Crippen LogP contribution in [0.25, 0.3) is 10.2 Å². The minimum Gasteiger partial charge on any atom is -0.385 e. The van der Waals surface area contributed by atoms with Crippen molar-refractivity contribution in [2.75, 3.05) is 0 Å². The highest BCUT2D eigenvalue weighted by molar-refractivity contribution is 7.18. The predicted octanol–water partition coefficient (Wildman–Crippen LogP) is 3.62. The Bertz CT molecular complexity index is 780. The number of aliphatic hydroxyl groups is 1. The Labute approximate surface area is 127 Å². The van der Waals surface area contributed by atoms with Crippen molar-refractivity contribution in [1.29, 1.82) is 5.26 Å². The Morgan fingerprint density at radius 2 is 1.90 bits per heavy atom. The number of rotatable bonds is 3. The lowest BCUT2D eigenvalue weighted by Gasteiger charge is -2.22. The van der Waals surface area contributed by atoms with Gasteiger partial charge in [-0.05, 0) is 36.8 Å². The maximum atomic E-state index is 10.7. The molecule has 1 heterocycles. The van der Waals surface area contributed by atoms with Crippen molar-refractivity contribution < 1.29 is 5.11 Å². The Kier molecular flexibility index (Phi) is 3.46. The molecule has 0 aliphatic carbocycles. The zero-order valence-corrected chi connectivity index (χ0v) is 12.4. The van der Waals surface area contributed by atoms with Gasteiger partial charge in [-0.25, -0.2) is 4.98 Å². The van der Waals surface area contributed by atoms with Crippen molar-refractivity contribution in [3.8, 4) is 6.07 Å². The lowest BCUT2D eigenvalue weighted by atomic mass is 9.92. The molecule has 1 N–H and O–H groups in total. The molecule has 0 fully saturated rings. The van der Waals surface area contributed by atoms with Crippen LogP contribution in [-0.2, 0) is 12.0 Å². The Balaban J connectivity index is 1.89. The summed E-state index contributed by atoms with van der Waals surface area (Å²) in [6, 6.07) is 17.1. The molecule has 0 spiro atoms. The monoisotopic (exact) mass is 294 g/mol. The van der Waals surface area contributed by atoms with Gasteiger partial charge in [0.25, 0.3) is 0 Å². The minimum absolute atomic E-state index is 0.457. The first kappa shape index (κ1) is 13.7. The number of nitrogens with zero attached hydrogens (tertiary/aromatic N) is 2. The van der Waals surface area contributed by atoms with Gasteiger partial charge in [0.1, 0.15) is 0 Å². The number of fused-ring (bicyclic) bond motifs is 1. The SMILES string of the molecule is CC(O)(Cc1nc2ccccc2s1)c1ccc(C#N)cc1. The van der Waals surface area contributed by atoms with Crippen LogP contribution in [0.15, 0.2) is 48.5 Å². The molecule has 0 aliphatic heterocycles. The predicted molar refractivity (Wildman–Crippen MR) is 84.1 cm³/mol. The van der Waals surface area contributed by atoms with Crippen LogP contribution in [-0.4, -0.2) is 10.1 Å². The zero-order chi connectivity index (χ0) is 14.9. The first-order chi connectivity index (χ1) is 10.1. The molecule has 3 rings (SSSR count). The number of hydrogen-bond acceptors (Lipinski definition) is 4. The average molecular weight is 294 g/mol. The van der Waals surface area contributed by atoms with Gasteiger partial charge in [0, 0.05) is 6.42 Å². The molecule has 1 aromatic heterocycles. The van der Waals surface area contributed by atoms with Crippen molar-refractivity contribution in [1.82, 2.24) is 4.98 Å². The molecule has 0 radical (unpaired) electrons. The molecule has 3 nitrogen and oxygen atoms in total. The van der Waals surface area contributed by atoms with Crippen LogP contribution in [0.3, 0.4) is 0 Å². The molecule has 2 aromatic carbocycles. The van der Waals surface area contributed by atoms with Gasteiger partial charge >= 0.3 is 0 Å². The standard InChI is InChI=1S/C17H14N2OS/c1-17(20,13-8-6-12(11-18)7-9-13)10-16-19-14-4-2-3-5-15(14)21-16/h2-9,20H,10H2,1H3. The topological polar surface area (TPSA) is 56.9 Å². The summed E-state index contributed by atoms with van der Waals surface area (Å²) in [5.74, 6) is 0. The van der Waals surface area contributed by atoms with E-state index in [2.05, 4.69) is 11.1 Å². The van der Waals surface area contributed by atoms with E-state index in [1.165, 1.54) is 0 Å². The normalized spacial score (nSPS) is 13.8. The van der Waals surface area contributed by atoms with Crippen LogP contribution in [0.1, 0.15) is 23.1 Å². The molecule has 0 aliphatic rings. The van der Waals surface area contributed by atoms with E-state index in [1.807, 2.05) is 24.3 Å². The van der Waals surface area contributed by atoms with E-state index in [0.29, 0.717) is 12.0 Å². The summed E-state index contributed by atoms with van der Waals surface area (Å²) in [7, 11) is 0. The van der Waals surface area contributed by atoms with E-state index < -0.39 is 5.60 Å². The molecule has 0 saturated carbocycles. The van der Waals surface area contributed by atoms with Crippen LogP contribution < -0.4 is 0 Å². The third-order valence-electron chi connectivity index (χ3n) is 3.47. The molecule has 0 bridgehead atoms. The first-order valence-corrected chi connectivity index (χ1v) is 7.47. The Morgan fingerprint density at radius 3 is 2.57 bits per heavy atom. The van der Waals surface area contributed by atoms with Crippen molar-refractivity contribution in [3.63, 3.8) is 0 Å². The highest BCUT2D eigenvalue weighted by Gasteiger charge is 2.25. The largest absolute Gasteiger partial charge is 0.385 e. The van der Waals surface area contributed by atoms with Gasteiger partial charge in [0.05, 0.1) is 32.5 Å². The van der Waals surface area contributed by atoms with Crippen LogP contribution in [0.4, 0.5) is 0 Å². The maximum Gasteiger partial charge on any atom is 0.0991 e. The molecule has 3 aromatic rings. The molecule has 4 heteroatoms. The molecule has 1 unspecified atom stereocenters. The first-order valence-electron chi connectivity index (χ1n) is 6.66. The summed E-state index contributed by atoms with van der Waals surface area (Å²) in [5, 5.41) is 20.4. The fourth-order valence-corrected chi connectivity index (χ4v) is 3.41. The Morgan fingerprint density at radius 1 is 1.19 bits per heavy atom. The summed E-state index contributed by atoms with van der Waals surface area (Å²) >= 11 is 1.60. The van der Waals surface area contributed by atoms with Gasteiger partial charge in [-0.2, -0.15) is 5.26 Å².